The maximum atomic E-state index is 12.1. The summed E-state index contributed by atoms with van der Waals surface area (Å²) in [4.78, 5) is 37.2. The van der Waals surface area contributed by atoms with Crippen molar-refractivity contribution in [1.29, 1.82) is 0 Å². The van der Waals surface area contributed by atoms with Crippen LogP contribution in [0.4, 0.5) is 11.4 Å². The summed E-state index contributed by atoms with van der Waals surface area (Å²) in [5, 5.41) is 8.08. The molecule has 6 nitrogen and oxygen atoms in total. The zero-order chi connectivity index (χ0) is 19.4. The van der Waals surface area contributed by atoms with Gasteiger partial charge in [0.2, 0.25) is 17.7 Å². The lowest BCUT2D eigenvalue weighted by atomic mass is 10.2. The molecule has 0 saturated heterocycles. The maximum absolute atomic E-state index is 12.1. The van der Waals surface area contributed by atoms with Crippen LogP contribution in [-0.4, -0.2) is 29.5 Å². The smallest absolute Gasteiger partial charge is 0.243 e. The third-order valence-electron chi connectivity index (χ3n) is 4.07. The van der Waals surface area contributed by atoms with E-state index < -0.39 is 5.25 Å². The molecule has 2 aromatic rings. The molecule has 0 aromatic heterocycles. The fourth-order valence-electron chi connectivity index (χ4n) is 2.58. The Morgan fingerprint density at radius 3 is 2.74 bits per heavy atom. The van der Waals surface area contributed by atoms with E-state index >= 15 is 0 Å². The van der Waals surface area contributed by atoms with E-state index in [2.05, 4.69) is 16.0 Å². The highest BCUT2D eigenvalue weighted by molar-refractivity contribution is 8.01. The van der Waals surface area contributed by atoms with Gasteiger partial charge in [-0.15, -0.1) is 11.8 Å². The van der Waals surface area contributed by atoms with Crippen LogP contribution in [0.1, 0.15) is 12.0 Å². The zero-order valence-electron chi connectivity index (χ0n) is 14.5. The lowest BCUT2D eigenvalue weighted by Gasteiger charge is -2.23. The minimum atomic E-state index is -0.530. The molecule has 8 heteroatoms. The Hall–Kier alpha value is -2.51. The van der Waals surface area contributed by atoms with Crippen molar-refractivity contribution in [3.05, 3.63) is 53.1 Å². The molecular formula is C19H18ClN3O3S. The SMILES string of the molecule is Cc1c(Cl)cccc1NC(=O)CNC(=O)C[C@@H]1Sc2ccccc2NC1=O. The lowest BCUT2D eigenvalue weighted by Crippen LogP contribution is -2.37. The number of thioether (sulfide) groups is 1. The third kappa shape index (κ3) is 4.81. The van der Waals surface area contributed by atoms with Gasteiger partial charge in [-0.2, -0.15) is 0 Å². The molecule has 3 rings (SSSR count). The fraction of sp³-hybridized carbons (Fsp3) is 0.211. The number of hydrogen-bond donors (Lipinski definition) is 3. The van der Waals surface area contributed by atoms with Crippen LogP contribution in [0.5, 0.6) is 0 Å². The van der Waals surface area contributed by atoms with Crippen LogP contribution >= 0.6 is 23.4 Å². The molecule has 0 fully saturated rings. The Morgan fingerprint density at radius 1 is 1.15 bits per heavy atom. The molecule has 1 atom stereocenters. The van der Waals surface area contributed by atoms with Crippen molar-refractivity contribution in [1.82, 2.24) is 5.32 Å². The first-order chi connectivity index (χ1) is 12.9. The quantitative estimate of drug-likeness (QED) is 0.715. The van der Waals surface area contributed by atoms with Crippen molar-refractivity contribution in [2.45, 2.75) is 23.5 Å². The predicted molar refractivity (Wildman–Crippen MR) is 107 cm³/mol. The summed E-state index contributed by atoms with van der Waals surface area (Å²) in [5.41, 5.74) is 2.11. The second-order valence-corrected chi connectivity index (χ2v) is 7.69. The molecule has 3 N–H and O–H groups in total. The fourth-order valence-corrected chi connectivity index (χ4v) is 3.87. The van der Waals surface area contributed by atoms with E-state index in [-0.39, 0.29) is 30.7 Å². The van der Waals surface area contributed by atoms with E-state index in [0.717, 1.165) is 16.1 Å². The number of benzene rings is 2. The molecule has 0 saturated carbocycles. The number of hydrogen-bond acceptors (Lipinski definition) is 4. The van der Waals surface area contributed by atoms with Crippen molar-refractivity contribution >= 4 is 52.5 Å². The van der Waals surface area contributed by atoms with E-state index in [9.17, 15) is 14.4 Å². The molecule has 0 spiro atoms. The van der Waals surface area contributed by atoms with Crippen molar-refractivity contribution in [2.75, 3.05) is 17.2 Å². The maximum Gasteiger partial charge on any atom is 0.243 e. The monoisotopic (exact) mass is 403 g/mol. The molecule has 0 unspecified atom stereocenters. The molecule has 0 radical (unpaired) electrons. The Morgan fingerprint density at radius 2 is 1.93 bits per heavy atom. The Labute approximate surface area is 166 Å². The van der Waals surface area contributed by atoms with Crippen molar-refractivity contribution in [3.63, 3.8) is 0 Å². The van der Waals surface area contributed by atoms with Gasteiger partial charge in [-0.25, -0.2) is 0 Å². The van der Waals surface area contributed by atoms with Gasteiger partial charge >= 0.3 is 0 Å². The average Bonchev–Trinajstić information content (AvgIpc) is 2.64. The molecule has 1 aliphatic heterocycles. The second-order valence-electron chi connectivity index (χ2n) is 6.03. The summed E-state index contributed by atoms with van der Waals surface area (Å²) < 4.78 is 0. The van der Waals surface area contributed by atoms with Gasteiger partial charge < -0.3 is 16.0 Å². The number of rotatable bonds is 5. The number of carbonyl (C=O) groups is 3. The highest BCUT2D eigenvalue weighted by Crippen LogP contribution is 2.36. The second kappa shape index (κ2) is 8.45. The standard InChI is InChI=1S/C19H18ClN3O3S/c1-11-12(20)5-4-7-13(11)22-18(25)10-21-17(24)9-16-19(26)23-14-6-2-3-8-15(14)27-16/h2-8,16H,9-10H2,1H3,(H,21,24)(H,22,25)(H,23,26)/t16-/m0/s1. The van der Waals surface area contributed by atoms with Gasteiger partial charge in [0.1, 0.15) is 0 Å². The van der Waals surface area contributed by atoms with Crippen molar-refractivity contribution < 1.29 is 14.4 Å². The summed E-state index contributed by atoms with van der Waals surface area (Å²) in [7, 11) is 0. The van der Waals surface area contributed by atoms with E-state index in [0.29, 0.717) is 10.7 Å². The van der Waals surface area contributed by atoms with Crippen LogP contribution in [0, 0.1) is 6.92 Å². The molecule has 1 aliphatic rings. The predicted octanol–water partition coefficient (Wildman–Crippen LogP) is 3.21. The molecule has 3 amide bonds. The van der Waals surface area contributed by atoms with E-state index in [1.54, 1.807) is 25.1 Å². The summed E-state index contributed by atoms with van der Waals surface area (Å²) in [6.07, 6.45) is -0.00565. The normalized spacial score (nSPS) is 15.5. The van der Waals surface area contributed by atoms with Crippen LogP contribution < -0.4 is 16.0 Å². The van der Waals surface area contributed by atoms with E-state index in [1.807, 2.05) is 24.3 Å². The summed E-state index contributed by atoms with van der Waals surface area (Å²) in [6, 6.07) is 12.6. The molecule has 2 aromatic carbocycles. The molecule has 0 aliphatic carbocycles. The number of halogens is 1. The van der Waals surface area contributed by atoms with Gasteiger partial charge in [0.15, 0.2) is 0 Å². The number of para-hydroxylation sites is 1. The molecular weight excluding hydrogens is 386 g/mol. The number of fused-ring (bicyclic) bond motifs is 1. The minimum Gasteiger partial charge on any atom is -0.347 e. The van der Waals surface area contributed by atoms with Gasteiger partial charge in [-0.3, -0.25) is 14.4 Å². The molecule has 140 valence electrons. The van der Waals surface area contributed by atoms with Gasteiger partial charge in [-0.1, -0.05) is 29.8 Å². The lowest BCUT2D eigenvalue weighted by molar-refractivity contribution is -0.125. The highest BCUT2D eigenvalue weighted by Gasteiger charge is 2.28. The summed E-state index contributed by atoms with van der Waals surface area (Å²) >= 11 is 7.37. The Kier molecular flexibility index (Phi) is 6.03. The van der Waals surface area contributed by atoms with Crippen molar-refractivity contribution in [2.24, 2.45) is 0 Å². The van der Waals surface area contributed by atoms with Gasteiger partial charge in [-0.05, 0) is 36.8 Å². The first kappa shape index (κ1) is 19.3. The first-order valence-electron chi connectivity index (χ1n) is 8.32. The highest BCUT2D eigenvalue weighted by atomic mass is 35.5. The average molecular weight is 404 g/mol. The molecule has 27 heavy (non-hydrogen) atoms. The molecule has 1 heterocycles. The topological polar surface area (TPSA) is 87.3 Å². The number of anilines is 2. The van der Waals surface area contributed by atoms with Crippen LogP contribution in [0.15, 0.2) is 47.4 Å². The van der Waals surface area contributed by atoms with E-state index in [1.165, 1.54) is 11.8 Å². The van der Waals surface area contributed by atoms with Crippen LogP contribution in [0.25, 0.3) is 0 Å². The van der Waals surface area contributed by atoms with Gasteiger partial charge in [0.05, 0.1) is 17.5 Å². The minimum absolute atomic E-state index is 0.00565. The summed E-state index contributed by atoms with van der Waals surface area (Å²) in [5.74, 6) is -0.937. The van der Waals surface area contributed by atoms with Crippen molar-refractivity contribution in [3.8, 4) is 0 Å². The number of amides is 3. The van der Waals surface area contributed by atoms with Gasteiger partial charge in [0.25, 0.3) is 0 Å². The summed E-state index contributed by atoms with van der Waals surface area (Å²) in [6.45, 7) is 1.62. The van der Waals surface area contributed by atoms with Gasteiger partial charge in [0, 0.05) is 22.0 Å². The molecule has 0 bridgehead atoms. The Bertz CT molecular complexity index is 904. The van der Waals surface area contributed by atoms with Crippen LogP contribution in [0.2, 0.25) is 5.02 Å². The van der Waals surface area contributed by atoms with Crippen LogP contribution in [-0.2, 0) is 14.4 Å². The third-order valence-corrected chi connectivity index (χ3v) is 5.75. The largest absolute Gasteiger partial charge is 0.347 e. The zero-order valence-corrected chi connectivity index (χ0v) is 16.1. The van der Waals surface area contributed by atoms with E-state index in [4.69, 9.17) is 11.6 Å². The number of nitrogens with one attached hydrogen (secondary N) is 3. The van der Waals surface area contributed by atoms with Crippen LogP contribution in [0.3, 0.4) is 0 Å². The Balaban J connectivity index is 1.50. The first-order valence-corrected chi connectivity index (χ1v) is 9.58. The number of carbonyl (C=O) groups excluding carboxylic acids is 3.